The molecule has 1 aromatic carbocycles. The molecule has 2 rings (SSSR count). The fraction of sp³-hybridized carbons (Fsp3) is 0.500. The van der Waals surface area contributed by atoms with Crippen molar-refractivity contribution in [2.75, 3.05) is 13.1 Å². The van der Waals surface area contributed by atoms with Crippen LogP contribution in [0.4, 0.5) is 4.39 Å². The van der Waals surface area contributed by atoms with E-state index in [1.54, 1.807) is 24.8 Å². The number of carbonyl (C=O) groups is 2. The van der Waals surface area contributed by atoms with Crippen molar-refractivity contribution in [2.24, 2.45) is 0 Å². The summed E-state index contributed by atoms with van der Waals surface area (Å²) in [5.74, 6) is -1.22. The van der Waals surface area contributed by atoms with Crippen molar-refractivity contribution >= 4 is 11.8 Å². The molecule has 114 valence electrons. The first kappa shape index (κ1) is 15.5. The van der Waals surface area contributed by atoms with Crippen LogP contribution in [0.15, 0.2) is 18.2 Å². The van der Waals surface area contributed by atoms with Crippen LogP contribution in [-0.4, -0.2) is 35.8 Å². The number of amides is 2. The molecule has 1 N–H and O–H groups in total. The number of rotatable bonds is 3. The third kappa shape index (κ3) is 3.80. The minimum absolute atomic E-state index is 0.0288. The molecule has 0 aromatic heterocycles. The zero-order valence-electron chi connectivity index (χ0n) is 12.5. The number of halogens is 1. The van der Waals surface area contributed by atoms with Gasteiger partial charge in [-0.05, 0) is 50.8 Å². The van der Waals surface area contributed by atoms with E-state index in [0.717, 1.165) is 37.9 Å². The zero-order valence-corrected chi connectivity index (χ0v) is 12.5. The first-order valence-electron chi connectivity index (χ1n) is 7.35. The Hall–Kier alpha value is -1.91. The molecule has 1 aliphatic rings. The Morgan fingerprint density at radius 1 is 1.24 bits per heavy atom. The van der Waals surface area contributed by atoms with Gasteiger partial charge in [0.1, 0.15) is 11.9 Å². The lowest BCUT2D eigenvalue weighted by Crippen LogP contribution is -2.48. The summed E-state index contributed by atoms with van der Waals surface area (Å²) in [6.45, 7) is 4.87. The van der Waals surface area contributed by atoms with Gasteiger partial charge >= 0.3 is 0 Å². The van der Waals surface area contributed by atoms with Crippen molar-refractivity contribution in [1.29, 1.82) is 0 Å². The number of hydrogen-bond acceptors (Lipinski definition) is 2. The first-order valence-corrected chi connectivity index (χ1v) is 7.35. The van der Waals surface area contributed by atoms with Crippen LogP contribution in [0.1, 0.15) is 42.1 Å². The molecule has 0 bridgehead atoms. The number of piperidine rings is 1. The van der Waals surface area contributed by atoms with E-state index in [-0.39, 0.29) is 11.5 Å². The van der Waals surface area contributed by atoms with Gasteiger partial charge in [-0.3, -0.25) is 9.59 Å². The van der Waals surface area contributed by atoms with Crippen molar-refractivity contribution in [3.05, 3.63) is 35.1 Å². The van der Waals surface area contributed by atoms with Crippen LogP contribution < -0.4 is 5.32 Å². The number of nitrogens with one attached hydrogen (secondary N) is 1. The topological polar surface area (TPSA) is 49.4 Å². The minimum Gasteiger partial charge on any atom is -0.341 e. The highest BCUT2D eigenvalue weighted by molar-refractivity contribution is 5.97. The molecule has 1 aromatic rings. The fourth-order valence-corrected chi connectivity index (χ4v) is 2.53. The zero-order chi connectivity index (χ0) is 15.4. The average Bonchev–Trinajstić information content (AvgIpc) is 2.47. The predicted molar refractivity (Wildman–Crippen MR) is 78.5 cm³/mol. The number of nitrogens with zero attached hydrogens (tertiary/aromatic N) is 1. The SMILES string of the molecule is Cc1ccc(C(=O)NC(C)C(=O)N2CCCCC2)c(F)c1. The van der Waals surface area contributed by atoms with Gasteiger partial charge in [-0.2, -0.15) is 0 Å². The fourth-order valence-electron chi connectivity index (χ4n) is 2.53. The van der Waals surface area contributed by atoms with Gasteiger partial charge < -0.3 is 10.2 Å². The Balaban J connectivity index is 1.99. The smallest absolute Gasteiger partial charge is 0.254 e. The first-order chi connectivity index (χ1) is 9.99. The highest BCUT2D eigenvalue weighted by Crippen LogP contribution is 2.12. The van der Waals surface area contributed by atoms with E-state index < -0.39 is 17.8 Å². The number of benzene rings is 1. The van der Waals surface area contributed by atoms with Crippen LogP contribution in [0.25, 0.3) is 0 Å². The molecule has 1 heterocycles. The van der Waals surface area contributed by atoms with E-state index in [9.17, 15) is 14.0 Å². The van der Waals surface area contributed by atoms with Crippen molar-refractivity contribution in [3.63, 3.8) is 0 Å². The Kier molecular flexibility index (Phi) is 4.94. The standard InChI is InChI=1S/C16H21FN2O2/c1-11-6-7-13(14(17)10-11)15(20)18-12(2)16(21)19-8-4-3-5-9-19/h6-7,10,12H,3-5,8-9H2,1-2H3,(H,18,20). The maximum absolute atomic E-state index is 13.8. The molecule has 0 aliphatic carbocycles. The van der Waals surface area contributed by atoms with Gasteiger partial charge in [0.25, 0.3) is 5.91 Å². The van der Waals surface area contributed by atoms with Crippen LogP contribution in [0.2, 0.25) is 0 Å². The molecule has 1 aliphatic heterocycles. The molecule has 0 radical (unpaired) electrons. The molecule has 5 heteroatoms. The van der Waals surface area contributed by atoms with E-state index in [1.165, 1.54) is 12.1 Å². The third-order valence-corrected chi connectivity index (χ3v) is 3.75. The second-order valence-corrected chi connectivity index (χ2v) is 5.56. The monoisotopic (exact) mass is 292 g/mol. The van der Waals surface area contributed by atoms with Crippen LogP contribution in [0.3, 0.4) is 0 Å². The summed E-state index contributed by atoms with van der Waals surface area (Å²) in [5, 5.41) is 2.58. The summed E-state index contributed by atoms with van der Waals surface area (Å²) in [5.41, 5.74) is 0.723. The Bertz CT molecular complexity index is 539. The molecule has 2 amide bonds. The van der Waals surface area contributed by atoms with E-state index in [4.69, 9.17) is 0 Å². The van der Waals surface area contributed by atoms with Gasteiger partial charge in [-0.15, -0.1) is 0 Å². The van der Waals surface area contributed by atoms with Gasteiger partial charge in [0, 0.05) is 13.1 Å². The number of hydrogen-bond donors (Lipinski definition) is 1. The Morgan fingerprint density at radius 2 is 1.90 bits per heavy atom. The summed E-state index contributed by atoms with van der Waals surface area (Å²) in [6, 6.07) is 3.79. The van der Waals surface area contributed by atoms with Crippen LogP contribution >= 0.6 is 0 Å². The van der Waals surface area contributed by atoms with Crippen LogP contribution in [0, 0.1) is 12.7 Å². The largest absolute Gasteiger partial charge is 0.341 e. The van der Waals surface area contributed by atoms with Crippen molar-refractivity contribution in [2.45, 2.75) is 39.2 Å². The summed E-state index contributed by atoms with van der Waals surface area (Å²) in [4.78, 5) is 26.0. The van der Waals surface area contributed by atoms with Crippen molar-refractivity contribution in [1.82, 2.24) is 10.2 Å². The van der Waals surface area contributed by atoms with Crippen LogP contribution in [-0.2, 0) is 4.79 Å². The van der Waals surface area contributed by atoms with Gasteiger partial charge in [-0.25, -0.2) is 4.39 Å². The molecule has 0 saturated carbocycles. The molecule has 1 fully saturated rings. The molecular weight excluding hydrogens is 271 g/mol. The summed E-state index contributed by atoms with van der Waals surface area (Å²) >= 11 is 0. The highest BCUT2D eigenvalue weighted by Gasteiger charge is 2.24. The lowest BCUT2D eigenvalue weighted by molar-refractivity contribution is -0.133. The normalized spacial score (nSPS) is 16.4. The van der Waals surface area contributed by atoms with Crippen molar-refractivity contribution in [3.8, 4) is 0 Å². The maximum atomic E-state index is 13.8. The van der Waals surface area contributed by atoms with E-state index >= 15 is 0 Å². The third-order valence-electron chi connectivity index (χ3n) is 3.75. The molecule has 1 unspecified atom stereocenters. The van der Waals surface area contributed by atoms with E-state index in [0.29, 0.717) is 0 Å². The molecule has 4 nitrogen and oxygen atoms in total. The molecule has 0 spiro atoms. The molecule has 21 heavy (non-hydrogen) atoms. The molecular formula is C16H21FN2O2. The highest BCUT2D eigenvalue weighted by atomic mass is 19.1. The average molecular weight is 292 g/mol. The second-order valence-electron chi connectivity index (χ2n) is 5.56. The summed E-state index contributed by atoms with van der Waals surface area (Å²) in [7, 11) is 0. The molecule has 1 saturated heterocycles. The quantitative estimate of drug-likeness (QED) is 0.929. The Labute approximate surface area is 124 Å². The van der Waals surface area contributed by atoms with Gasteiger partial charge in [0.2, 0.25) is 5.91 Å². The van der Waals surface area contributed by atoms with Crippen molar-refractivity contribution < 1.29 is 14.0 Å². The number of carbonyl (C=O) groups excluding carboxylic acids is 2. The van der Waals surface area contributed by atoms with E-state index in [2.05, 4.69) is 5.32 Å². The second kappa shape index (κ2) is 6.70. The number of likely N-dealkylation sites (tertiary alicyclic amines) is 1. The number of aryl methyl sites for hydroxylation is 1. The van der Waals surface area contributed by atoms with Gasteiger partial charge in [-0.1, -0.05) is 6.07 Å². The lowest BCUT2D eigenvalue weighted by Gasteiger charge is -2.29. The Morgan fingerprint density at radius 3 is 2.52 bits per heavy atom. The minimum atomic E-state index is -0.642. The molecule has 1 atom stereocenters. The lowest BCUT2D eigenvalue weighted by atomic mass is 10.1. The van der Waals surface area contributed by atoms with Crippen LogP contribution in [0.5, 0.6) is 0 Å². The summed E-state index contributed by atoms with van der Waals surface area (Å²) in [6.07, 6.45) is 3.14. The summed E-state index contributed by atoms with van der Waals surface area (Å²) < 4.78 is 13.8. The predicted octanol–water partition coefficient (Wildman–Crippen LogP) is 2.26. The van der Waals surface area contributed by atoms with Gasteiger partial charge in [0.15, 0.2) is 0 Å². The van der Waals surface area contributed by atoms with E-state index in [1.807, 2.05) is 0 Å². The maximum Gasteiger partial charge on any atom is 0.254 e. The van der Waals surface area contributed by atoms with Gasteiger partial charge in [0.05, 0.1) is 5.56 Å².